The van der Waals surface area contributed by atoms with Crippen molar-refractivity contribution in [1.82, 2.24) is 4.57 Å². The van der Waals surface area contributed by atoms with E-state index < -0.39 is 56.9 Å². The van der Waals surface area contributed by atoms with Crippen molar-refractivity contribution < 1.29 is 37.5 Å². The molecule has 28 heavy (non-hydrogen) atoms. The lowest BCUT2D eigenvalue weighted by Crippen LogP contribution is -2.17. The second-order valence-corrected chi connectivity index (χ2v) is 5.23. The Labute approximate surface area is 153 Å². The second kappa shape index (κ2) is 6.91. The van der Waals surface area contributed by atoms with Crippen molar-refractivity contribution in [2.45, 2.75) is 6.18 Å². The quantitative estimate of drug-likeness (QED) is 0.450. The van der Waals surface area contributed by atoms with Gasteiger partial charge in [-0.1, -0.05) is 0 Å². The molecule has 2 rings (SSSR count). The highest BCUT2D eigenvalue weighted by molar-refractivity contribution is 5.99. The minimum atomic E-state index is -5.08. The Kier molecular flexibility index (Phi) is 4.99. The van der Waals surface area contributed by atoms with E-state index in [1.165, 1.54) is 0 Å². The Morgan fingerprint density at radius 2 is 2.00 bits per heavy atom. The first-order valence-corrected chi connectivity index (χ1v) is 7.06. The number of hydrogen-bond acceptors (Lipinski definition) is 7. The maximum atomic E-state index is 13.0. The van der Waals surface area contributed by atoms with Crippen LogP contribution in [0.5, 0.6) is 0 Å². The largest absolute Gasteiger partial charge is 0.478 e. The van der Waals surface area contributed by atoms with Gasteiger partial charge in [-0.15, -0.1) is 0 Å². The number of nitro groups is 1. The Morgan fingerprint density at radius 1 is 1.39 bits per heavy atom. The van der Waals surface area contributed by atoms with E-state index in [2.05, 4.69) is 4.74 Å². The highest BCUT2D eigenvalue weighted by Gasteiger charge is 2.37. The van der Waals surface area contributed by atoms with Crippen LogP contribution in [0.2, 0.25) is 0 Å². The summed E-state index contributed by atoms with van der Waals surface area (Å²) in [5, 5.41) is 29.8. The summed E-state index contributed by atoms with van der Waals surface area (Å²) in [5.74, 6) is -3.13. The molecular weight excluding hydrogens is 389 g/mol. The Morgan fingerprint density at radius 3 is 2.43 bits per heavy atom. The smallest absolute Gasteiger partial charge is 0.416 e. The van der Waals surface area contributed by atoms with Gasteiger partial charge in [-0.25, -0.2) is 9.59 Å². The standard InChI is InChI=1S/C15H9F3N4O6/c1-28-14(25)12-10(20)6(4-19)5-21(12)11-8(13(23)24)2-7(15(16,17)18)3-9(11)22(26)27/h2-3,5H,20H2,1H3,(H,23,24). The molecule has 2 aromatic rings. The molecule has 0 fully saturated rings. The predicted octanol–water partition coefficient (Wildman–Crippen LogP) is 2.34. The predicted molar refractivity (Wildman–Crippen MR) is 84.9 cm³/mol. The first-order valence-electron chi connectivity index (χ1n) is 7.06. The Balaban J connectivity index is 3.05. The minimum absolute atomic E-state index is 0.116. The summed E-state index contributed by atoms with van der Waals surface area (Å²) >= 11 is 0. The molecule has 3 N–H and O–H groups in total. The lowest BCUT2D eigenvalue weighted by Gasteiger charge is -2.14. The number of nitrogens with zero attached hydrogens (tertiary/aromatic N) is 3. The molecule has 0 unspecified atom stereocenters. The first kappa shape index (κ1) is 20.2. The molecule has 0 saturated heterocycles. The number of carboxylic acid groups (broad SMARTS) is 1. The van der Waals surface area contributed by atoms with Gasteiger partial charge in [0.15, 0.2) is 5.69 Å². The highest BCUT2D eigenvalue weighted by atomic mass is 19.4. The van der Waals surface area contributed by atoms with Gasteiger partial charge >= 0.3 is 18.1 Å². The molecule has 1 aromatic carbocycles. The second-order valence-electron chi connectivity index (χ2n) is 5.23. The number of halogens is 3. The van der Waals surface area contributed by atoms with Gasteiger partial charge in [-0.05, 0) is 6.07 Å². The van der Waals surface area contributed by atoms with E-state index >= 15 is 0 Å². The van der Waals surface area contributed by atoms with E-state index in [1.807, 2.05) is 0 Å². The molecule has 1 aromatic heterocycles. The number of methoxy groups -OCH3 is 1. The zero-order valence-electron chi connectivity index (χ0n) is 13.8. The van der Waals surface area contributed by atoms with Gasteiger partial charge < -0.3 is 20.1 Å². The van der Waals surface area contributed by atoms with E-state index in [9.17, 15) is 38.0 Å². The number of ether oxygens (including phenoxy) is 1. The summed E-state index contributed by atoms with van der Waals surface area (Å²) in [6, 6.07) is 1.88. The van der Waals surface area contributed by atoms with Gasteiger partial charge in [0.05, 0.1) is 34.4 Å². The molecule has 10 nitrogen and oxygen atoms in total. The minimum Gasteiger partial charge on any atom is -0.478 e. The zero-order chi connectivity index (χ0) is 21.4. The third-order valence-electron chi connectivity index (χ3n) is 3.63. The number of aromatic nitrogens is 1. The normalized spacial score (nSPS) is 11.0. The topological polar surface area (TPSA) is 161 Å². The number of carbonyl (C=O) groups excluding carboxylic acids is 1. The third kappa shape index (κ3) is 3.30. The fourth-order valence-corrected chi connectivity index (χ4v) is 2.43. The number of esters is 1. The van der Waals surface area contributed by atoms with Crippen LogP contribution in [-0.4, -0.2) is 33.6 Å². The van der Waals surface area contributed by atoms with Crippen molar-refractivity contribution in [2.24, 2.45) is 0 Å². The van der Waals surface area contributed by atoms with Crippen molar-refractivity contribution >= 4 is 23.3 Å². The number of nitriles is 1. The molecule has 0 radical (unpaired) electrons. The van der Waals surface area contributed by atoms with Crippen molar-refractivity contribution in [3.05, 3.63) is 50.8 Å². The van der Waals surface area contributed by atoms with Gasteiger partial charge in [-0.2, -0.15) is 18.4 Å². The molecule has 0 atom stereocenters. The molecule has 0 aliphatic heterocycles. The van der Waals surface area contributed by atoms with E-state index in [4.69, 9.17) is 11.0 Å². The zero-order valence-corrected chi connectivity index (χ0v) is 13.8. The third-order valence-corrected chi connectivity index (χ3v) is 3.63. The summed E-state index contributed by atoms with van der Waals surface area (Å²) in [6.45, 7) is 0. The maximum absolute atomic E-state index is 13.0. The summed E-state index contributed by atoms with van der Waals surface area (Å²) < 4.78 is 44.1. The highest BCUT2D eigenvalue weighted by Crippen LogP contribution is 2.38. The van der Waals surface area contributed by atoms with Crippen molar-refractivity contribution in [1.29, 1.82) is 5.26 Å². The number of aromatic carboxylic acids is 1. The fraction of sp³-hybridized carbons (Fsp3) is 0.133. The van der Waals surface area contributed by atoms with Crippen LogP contribution in [0, 0.1) is 21.4 Å². The van der Waals surface area contributed by atoms with Crippen LogP contribution in [-0.2, 0) is 10.9 Å². The molecule has 1 heterocycles. The molecule has 13 heteroatoms. The van der Waals surface area contributed by atoms with Crippen LogP contribution in [0.15, 0.2) is 18.3 Å². The van der Waals surface area contributed by atoms with E-state index in [0.29, 0.717) is 4.57 Å². The fourth-order valence-electron chi connectivity index (χ4n) is 2.43. The van der Waals surface area contributed by atoms with Crippen LogP contribution >= 0.6 is 0 Å². The lowest BCUT2D eigenvalue weighted by molar-refractivity contribution is -0.384. The number of nitro benzene ring substituents is 1. The number of nitrogen functional groups attached to an aromatic ring is 1. The number of rotatable bonds is 4. The molecule has 0 spiro atoms. The summed E-state index contributed by atoms with van der Waals surface area (Å²) in [7, 11) is 0.921. The molecule has 146 valence electrons. The maximum Gasteiger partial charge on any atom is 0.416 e. The number of carbonyl (C=O) groups is 2. The molecule has 0 amide bonds. The summed E-state index contributed by atoms with van der Waals surface area (Å²) in [5.41, 5.74) is -0.738. The van der Waals surface area contributed by atoms with Gasteiger partial charge in [0.25, 0.3) is 5.69 Å². The van der Waals surface area contributed by atoms with Crippen LogP contribution in [0.3, 0.4) is 0 Å². The van der Waals surface area contributed by atoms with Crippen LogP contribution in [0.25, 0.3) is 5.69 Å². The van der Waals surface area contributed by atoms with Crippen molar-refractivity contribution in [3.63, 3.8) is 0 Å². The molecule has 0 aliphatic carbocycles. The monoisotopic (exact) mass is 398 g/mol. The van der Waals surface area contributed by atoms with Crippen LogP contribution in [0.1, 0.15) is 32.0 Å². The van der Waals surface area contributed by atoms with Crippen molar-refractivity contribution in [3.8, 4) is 11.8 Å². The van der Waals surface area contributed by atoms with Gasteiger partial charge in [0.2, 0.25) is 0 Å². The number of nitrogens with two attached hydrogens (primary N) is 1. The van der Waals surface area contributed by atoms with Gasteiger partial charge in [0, 0.05) is 12.3 Å². The van der Waals surface area contributed by atoms with E-state index in [0.717, 1.165) is 13.3 Å². The number of alkyl halides is 3. The summed E-state index contributed by atoms with van der Waals surface area (Å²) in [4.78, 5) is 33.7. The average Bonchev–Trinajstić information content (AvgIpc) is 2.95. The molecular formula is C15H9F3N4O6. The van der Waals surface area contributed by atoms with Crippen LogP contribution < -0.4 is 5.73 Å². The number of anilines is 1. The SMILES string of the molecule is COC(=O)c1c(N)c(C#N)cn1-c1c(C(=O)O)cc(C(F)(F)F)cc1[N+](=O)[O-]. The van der Waals surface area contributed by atoms with Gasteiger partial charge in [-0.3, -0.25) is 10.1 Å². The summed E-state index contributed by atoms with van der Waals surface area (Å²) in [6.07, 6.45) is -4.28. The molecule has 0 bridgehead atoms. The lowest BCUT2D eigenvalue weighted by atomic mass is 10.1. The number of carboxylic acids is 1. The molecule has 0 aliphatic rings. The van der Waals surface area contributed by atoms with Crippen LogP contribution in [0.4, 0.5) is 24.5 Å². The van der Waals surface area contributed by atoms with Crippen molar-refractivity contribution in [2.75, 3.05) is 12.8 Å². The van der Waals surface area contributed by atoms with E-state index in [-0.39, 0.29) is 17.7 Å². The number of benzene rings is 1. The average molecular weight is 398 g/mol. The van der Waals surface area contributed by atoms with Gasteiger partial charge in [0.1, 0.15) is 11.8 Å². The Hall–Kier alpha value is -4.08. The van der Waals surface area contributed by atoms with E-state index in [1.54, 1.807) is 6.07 Å². The first-order chi connectivity index (χ1) is 12.9. The Bertz CT molecular complexity index is 1020. The number of hydrogen-bond donors (Lipinski definition) is 2. The molecule has 0 saturated carbocycles.